The second-order valence-electron chi connectivity index (χ2n) is 5.09. The van der Waals surface area contributed by atoms with E-state index in [0.717, 1.165) is 11.0 Å². The summed E-state index contributed by atoms with van der Waals surface area (Å²) in [5.41, 5.74) is 2.01. The molecule has 0 fully saturated rings. The lowest BCUT2D eigenvalue weighted by Crippen LogP contribution is -2.23. The number of rotatable bonds is 4. The van der Waals surface area contributed by atoms with Crippen LogP contribution in [-0.2, 0) is 4.79 Å². The van der Waals surface area contributed by atoms with Gasteiger partial charge in [0.2, 0.25) is 0 Å². The van der Waals surface area contributed by atoms with Crippen molar-refractivity contribution in [3.63, 3.8) is 0 Å². The van der Waals surface area contributed by atoms with Gasteiger partial charge in [-0.25, -0.2) is 4.79 Å². The lowest BCUT2D eigenvalue weighted by Gasteiger charge is -2.20. The molecule has 2 aromatic carbocycles. The summed E-state index contributed by atoms with van der Waals surface area (Å²) < 4.78 is 5.21. The molecule has 0 unspecified atom stereocenters. The number of nitrogens with zero attached hydrogens (tertiary/aromatic N) is 1. The van der Waals surface area contributed by atoms with Crippen LogP contribution in [0.2, 0.25) is 0 Å². The number of amides is 1. The Kier molecular flexibility index (Phi) is 4.31. The zero-order valence-corrected chi connectivity index (χ0v) is 14.0. The van der Waals surface area contributed by atoms with Gasteiger partial charge in [0.15, 0.2) is 0 Å². The molecule has 1 aliphatic rings. The highest BCUT2D eigenvalue weighted by molar-refractivity contribution is 7.98. The minimum atomic E-state index is -1.11. The molecule has 1 aliphatic heterocycles. The minimum Gasteiger partial charge on any atom is -0.497 e. The first-order chi connectivity index (χ1) is 11.6. The molecule has 3 rings (SSSR count). The molecule has 0 saturated carbocycles. The standard InChI is InChI=1S/C18H15NO4S/c1-23-11-7-8-12-13(9-11)15(10-17(20)21)19(18(12)22)14-5-3-4-6-16(14)24-2/h3-10H,1-2H3,(H,20,21)/b15-10+. The van der Waals surface area contributed by atoms with Gasteiger partial charge in [0, 0.05) is 22.1 Å². The molecule has 0 aliphatic carbocycles. The third-order valence-corrected chi connectivity index (χ3v) is 4.55. The highest BCUT2D eigenvalue weighted by Crippen LogP contribution is 2.41. The van der Waals surface area contributed by atoms with Crippen LogP contribution < -0.4 is 9.64 Å². The predicted octanol–water partition coefficient (Wildman–Crippen LogP) is 3.50. The molecule has 1 N–H and O–H groups in total. The van der Waals surface area contributed by atoms with Gasteiger partial charge >= 0.3 is 5.97 Å². The Balaban J connectivity index is 2.23. The van der Waals surface area contributed by atoms with E-state index in [9.17, 15) is 14.7 Å². The number of hydrogen-bond donors (Lipinski definition) is 1. The fourth-order valence-corrected chi connectivity index (χ4v) is 3.30. The van der Waals surface area contributed by atoms with Crippen molar-refractivity contribution in [3.8, 4) is 5.75 Å². The summed E-state index contributed by atoms with van der Waals surface area (Å²) in [4.78, 5) is 26.5. The summed E-state index contributed by atoms with van der Waals surface area (Å²) in [6, 6.07) is 12.4. The van der Waals surface area contributed by atoms with Crippen molar-refractivity contribution in [2.45, 2.75) is 4.90 Å². The number of anilines is 1. The van der Waals surface area contributed by atoms with Crippen LogP contribution in [-0.4, -0.2) is 30.3 Å². The number of carboxylic acid groups (broad SMARTS) is 1. The number of fused-ring (bicyclic) bond motifs is 1. The van der Waals surface area contributed by atoms with Crippen molar-refractivity contribution in [1.29, 1.82) is 0 Å². The molecule has 0 saturated heterocycles. The molecular weight excluding hydrogens is 326 g/mol. The second-order valence-corrected chi connectivity index (χ2v) is 5.94. The maximum absolute atomic E-state index is 12.9. The summed E-state index contributed by atoms with van der Waals surface area (Å²) >= 11 is 1.50. The van der Waals surface area contributed by atoms with E-state index >= 15 is 0 Å². The van der Waals surface area contributed by atoms with Crippen LogP contribution in [0, 0.1) is 0 Å². The van der Waals surface area contributed by atoms with Crippen LogP contribution in [0.4, 0.5) is 5.69 Å². The number of carbonyl (C=O) groups is 2. The van der Waals surface area contributed by atoms with Gasteiger partial charge in [0.05, 0.1) is 18.5 Å². The first-order valence-electron chi connectivity index (χ1n) is 7.17. The molecule has 0 bridgehead atoms. The maximum atomic E-state index is 12.9. The van der Waals surface area contributed by atoms with Crippen LogP contribution >= 0.6 is 11.8 Å². The van der Waals surface area contributed by atoms with E-state index in [0.29, 0.717) is 28.3 Å². The molecule has 5 nitrogen and oxygen atoms in total. The number of carboxylic acids is 1. The van der Waals surface area contributed by atoms with E-state index in [1.165, 1.54) is 23.8 Å². The zero-order chi connectivity index (χ0) is 17.3. The summed E-state index contributed by atoms with van der Waals surface area (Å²) in [7, 11) is 1.53. The molecule has 0 aromatic heterocycles. The van der Waals surface area contributed by atoms with Crippen molar-refractivity contribution in [2.24, 2.45) is 0 Å². The molecule has 1 heterocycles. The van der Waals surface area contributed by atoms with Crippen LogP contribution in [0.1, 0.15) is 15.9 Å². The van der Waals surface area contributed by atoms with Gasteiger partial charge in [0.1, 0.15) is 5.75 Å². The molecule has 1 amide bonds. The molecule has 24 heavy (non-hydrogen) atoms. The Labute approximate surface area is 143 Å². The van der Waals surface area contributed by atoms with Gasteiger partial charge < -0.3 is 9.84 Å². The third kappa shape index (κ3) is 2.65. The number of para-hydroxylation sites is 1. The van der Waals surface area contributed by atoms with E-state index in [1.807, 2.05) is 30.5 Å². The first kappa shape index (κ1) is 16.1. The first-order valence-corrected chi connectivity index (χ1v) is 8.39. The zero-order valence-electron chi connectivity index (χ0n) is 13.1. The normalized spacial score (nSPS) is 14.8. The number of aliphatic carboxylic acids is 1. The van der Waals surface area contributed by atoms with Gasteiger partial charge in [-0.1, -0.05) is 12.1 Å². The lowest BCUT2D eigenvalue weighted by molar-refractivity contribution is -0.131. The van der Waals surface area contributed by atoms with Crippen molar-refractivity contribution in [2.75, 3.05) is 18.3 Å². The fraction of sp³-hybridized carbons (Fsp3) is 0.111. The summed E-state index contributed by atoms with van der Waals surface area (Å²) in [5.74, 6) is -0.792. The molecule has 0 spiro atoms. The Hall–Kier alpha value is -2.73. The average molecular weight is 341 g/mol. The molecule has 0 atom stereocenters. The number of thioether (sulfide) groups is 1. The lowest BCUT2D eigenvalue weighted by atomic mass is 10.1. The topological polar surface area (TPSA) is 66.8 Å². The van der Waals surface area contributed by atoms with Gasteiger partial charge in [-0.2, -0.15) is 0 Å². The number of benzene rings is 2. The average Bonchev–Trinajstić information content (AvgIpc) is 2.85. The largest absolute Gasteiger partial charge is 0.497 e. The smallest absolute Gasteiger partial charge is 0.330 e. The number of ether oxygens (including phenoxy) is 1. The SMILES string of the molecule is COc1ccc2c(c1)/C(=C\C(=O)O)N(c1ccccc1SC)C2=O. The number of hydrogen-bond acceptors (Lipinski definition) is 4. The van der Waals surface area contributed by atoms with Crippen LogP contribution in [0.3, 0.4) is 0 Å². The molecular formula is C18H15NO4S. The molecule has 0 radical (unpaired) electrons. The quantitative estimate of drug-likeness (QED) is 0.681. The van der Waals surface area contributed by atoms with Crippen molar-refractivity contribution < 1.29 is 19.4 Å². The summed E-state index contributed by atoms with van der Waals surface area (Å²) in [6.45, 7) is 0. The van der Waals surface area contributed by atoms with E-state index < -0.39 is 5.97 Å². The fourth-order valence-electron chi connectivity index (χ4n) is 2.71. The second kappa shape index (κ2) is 6.41. The van der Waals surface area contributed by atoms with Gasteiger partial charge in [0.25, 0.3) is 5.91 Å². The molecule has 6 heteroatoms. The summed E-state index contributed by atoms with van der Waals surface area (Å²) in [5, 5.41) is 9.25. The molecule has 122 valence electrons. The Bertz CT molecular complexity index is 860. The van der Waals surface area contributed by atoms with Gasteiger partial charge in [-0.15, -0.1) is 11.8 Å². The van der Waals surface area contributed by atoms with Gasteiger partial charge in [-0.3, -0.25) is 9.69 Å². The minimum absolute atomic E-state index is 0.248. The van der Waals surface area contributed by atoms with E-state index in [4.69, 9.17) is 4.74 Å². The predicted molar refractivity (Wildman–Crippen MR) is 93.6 cm³/mol. The molecule has 2 aromatic rings. The van der Waals surface area contributed by atoms with Crippen LogP contribution in [0.25, 0.3) is 5.70 Å². The van der Waals surface area contributed by atoms with Crippen molar-refractivity contribution in [1.82, 2.24) is 0 Å². The van der Waals surface area contributed by atoms with Gasteiger partial charge in [-0.05, 0) is 36.6 Å². The summed E-state index contributed by atoms with van der Waals surface area (Å²) in [6.07, 6.45) is 2.97. The van der Waals surface area contributed by atoms with E-state index in [2.05, 4.69) is 0 Å². The Morgan fingerprint density at radius 3 is 2.62 bits per heavy atom. The van der Waals surface area contributed by atoms with Crippen LogP contribution in [0.15, 0.2) is 53.4 Å². The third-order valence-electron chi connectivity index (χ3n) is 3.76. The van der Waals surface area contributed by atoms with E-state index in [1.54, 1.807) is 18.2 Å². The highest BCUT2D eigenvalue weighted by atomic mass is 32.2. The highest BCUT2D eigenvalue weighted by Gasteiger charge is 2.35. The van der Waals surface area contributed by atoms with Crippen LogP contribution in [0.5, 0.6) is 5.75 Å². The van der Waals surface area contributed by atoms with Crippen molar-refractivity contribution >= 4 is 35.0 Å². The Morgan fingerprint density at radius 2 is 1.96 bits per heavy atom. The number of methoxy groups -OCH3 is 1. The Morgan fingerprint density at radius 1 is 1.21 bits per heavy atom. The monoisotopic (exact) mass is 341 g/mol. The van der Waals surface area contributed by atoms with Crippen molar-refractivity contribution in [3.05, 3.63) is 59.7 Å². The number of carbonyl (C=O) groups excluding carboxylic acids is 1. The maximum Gasteiger partial charge on any atom is 0.330 e. The van der Waals surface area contributed by atoms with E-state index in [-0.39, 0.29) is 5.91 Å².